The van der Waals surface area contributed by atoms with Crippen LogP contribution in [0, 0.1) is 20.2 Å². The van der Waals surface area contributed by atoms with E-state index in [0.717, 1.165) is 18.2 Å². The molecule has 1 amide bonds. The molecule has 0 saturated carbocycles. The molecule has 12 nitrogen and oxygen atoms in total. The number of anilines is 1. The van der Waals surface area contributed by atoms with E-state index in [1.54, 1.807) is 6.92 Å². The van der Waals surface area contributed by atoms with Gasteiger partial charge in [0.2, 0.25) is 5.91 Å². The van der Waals surface area contributed by atoms with Crippen LogP contribution in [0.2, 0.25) is 0 Å². The lowest BCUT2D eigenvalue weighted by atomic mass is 10.2. The van der Waals surface area contributed by atoms with E-state index in [1.165, 1.54) is 13.8 Å². The molecule has 0 aromatic heterocycles. The second-order valence-electron chi connectivity index (χ2n) is 4.97. The summed E-state index contributed by atoms with van der Waals surface area (Å²) in [6, 6.07) is 1.78. The SMILES string of the molecule is CCOC(=O)C(NC(C)=O)/C(C)=N\Nc1ccc([N+](=O)[O-])cc1[N+](=O)[O-]. The summed E-state index contributed by atoms with van der Waals surface area (Å²) in [6.07, 6.45) is 0. The fourth-order valence-electron chi connectivity index (χ4n) is 1.85. The minimum Gasteiger partial charge on any atom is -0.464 e. The van der Waals surface area contributed by atoms with Gasteiger partial charge in [0.05, 0.1) is 28.2 Å². The summed E-state index contributed by atoms with van der Waals surface area (Å²) in [5.41, 5.74) is 1.31. The number of amides is 1. The van der Waals surface area contributed by atoms with Gasteiger partial charge in [0.1, 0.15) is 5.69 Å². The third-order valence-corrected chi connectivity index (χ3v) is 3.03. The lowest BCUT2D eigenvalue weighted by Gasteiger charge is -2.16. The molecule has 1 rings (SSSR count). The fourth-order valence-corrected chi connectivity index (χ4v) is 1.85. The Labute approximate surface area is 147 Å². The number of hydrogen-bond acceptors (Lipinski definition) is 9. The number of nitro groups is 2. The van der Waals surface area contributed by atoms with E-state index in [-0.39, 0.29) is 18.0 Å². The molecule has 0 heterocycles. The fraction of sp³-hybridized carbons (Fsp3) is 0.357. The summed E-state index contributed by atoms with van der Waals surface area (Å²) in [4.78, 5) is 43.4. The number of hydrogen-bond donors (Lipinski definition) is 2. The van der Waals surface area contributed by atoms with E-state index in [2.05, 4.69) is 15.8 Å². The summed E-state index contributed by atoms with van der Waals surface area (Å²) in [5, 5.41) is 28.0. The van der Waals surface area contributed by atoms with Crippen LogP contribution in [-0.4, -0.2) is 40.1 Å². The number of non-ortho nitro benzene ring substituents is 1. The molecule has 12 heteroatoms. The molecule has 0 aliphatic heterocycles. The van der Waals surface area contributed by atoms with Gasteiger partial charge in [-0.2, -0.15) is 5.10 Å². The summed E-state index contributed by atoms with van der Waals surface area (Å²) < 4.78 is 4.84. The van der Waals surface area contributed by atoms with Crippen LogP contribution in [0.1, 0.15) is 20.8 Å². The quantitative estimate of drug-likeness (QED) is 0.300. The molecule has 0 bridgehead atoms. The highest BCUT2D eigenvalue weighted by Gasteiger charge is 2.25. The van der Waals surface area contributed by atoms with Crippen LogP contribution < -0.4 is 10.7 Å². The van der Waals surface area contributed by atoms with Gasteiger partial charge >= 0.3 is 11.7 Å². The van der Waals surface area contributed by atoms with Crippen molar-refractivity contribution in [3.63, 3.8) is 0 Å². The lowest BCUT2D eigenvalue weighted by molar-refractivity contribution is -0.393. The van der Waals surface area contributed by atoms with Crippen molar-refractivity contribution in [2.75, 3.05) is 12.0 Å². The van der Waals surface area contributed by atoms with Gasteiger partial charge in [0.25, 0.3) is 5.69 Å². The zero-order chi connectivity index (χ0) is 19.9. The van der Waals surface area contributed by atoms with Crippen LogP contribution in [0.4, 0.5) is 17.1 Å². The summed E-state index contributed by atoms with van der Waals surface area (Å²) in [6.45, 7) is 4.28. The minimum absolute atomic E-state index is 0.0753. The smallest absolute Gasteiger partial charge is 0.334 e. The molecule has 0 aliphatic rings. The number of nitrogens with zero attached hydrogens (tertiary/aromatic N) is 3. The number of benzene rings is 1. The van der Waals surface area contributed by atoms with E-state index < -0.39 is 39.1 Å². The Kier molecular flexibility index (Phi) is 7.13. The van der Waals surface area contributed by atoms with Gasteiger partial charge in [-0.1, -0.05) is 0 Å². The zero-order valence-corrected chi connectivity index (χ0v) is 14.2. The van der Waals surface area contributed by atoms with Crippen LogP contribution >= 0.6 is 0 Å². The van der Waals surface area contributed by atoms with E-state index in [1.807, 2.05) is 0 Å². The number of nitrogens with one attached hydrogen (secondary N) is 2. The predicted molar refractivity (Wildman–Crippen MR) is 90.7 cm³/mol. The molecule has 1 unspecified atom stereocenters. The van der Waals surface area contributed by atoms with Crippen molar-refractivity contribution < 1.29 is 24.2 Å². The Balaban J connectivity index is 3.12. The first-order valence-corrected chi connectivity index (χ1v) is 7.34. The first-order chi connectivity index (χ1) is 12.2. The molecule has 1 atom stereocenters. The van der Waals surface area contributed by atoms with E-state index in [4.69, 9.17) is 4.74 Å². The maximum Gasteiger partial charge on any atom is 0.334 e. The van der Waals surface area contributed by atoms with Crippen LogP contribution in [0.5, 0.6) is 0 Å². The molecule has 0 saturated heterocycles. The monoisotopic (exact) mass is 367 g/mol. The second kappa shape index (κ2) is 9.05. The van der Waals surface area contributed by atoms with Crippen molar-refractivity contribution in [2.45, 2.75) is 26.8 Å². The Morgan fingerprint density at radius 3 is 2.38 bits per heavy atom. The first kappa shape index (κ1) is 20.5. The van der Waals surface area contributed by atoms with Gasteiger partial charge in [-0.3, -0.25) is 30.4 Å². The summed E-state index contributed by atoms with van der Waals surface area (Å²) >= 11 is 0. The van der Waals surface area contributed by atoms with Crippen molar-refractivity contribution in [1.29, 1.82) is 0 Å². The normalized spacial score (nSPS) is 12.0. The Morgan fingerprint density at radius 1 is 1.23 bits per heavy atom. The van der Waals surface area contributed by atoms with Crippen molar-refractivity contribution in [1.82, 2.24) is 5.32 Å². The van der Waals surface area contributed by atoms with Crippen LogP contribution in [0.3, 0.4) is 0 Å². The molecule has 26 heavy (non-hydrogen) atoms. The molecule has 140 valence electrons. The highest BCUT2D eigenvalue weighted by Crippen LogP contribution is 2.28. The Hall–Kier alpha value is -3.57. The standard InChI is InChI=1S/C14H17N5O7/c1-4-26-14(21)13(15-9(3)20)8(2)16-17-11-6-5-10(18(22)23)7-12(11)19(24)25/h5-7,13,17H,4H2,1-3H3,(H,15,20)/b16-8-. The molecule has 0 spiro atoms. The van der Waals surface area contributed by atoms with Gasteiger partial charge in [0.15, 0.2) is 6.04 Å². The largest absolute Gasteiger partial charge is 0.464 e. The average Bonchev–Trinajstić information content (AvgIpc) is 2.57. The van der Waals surface area contributed by atoms with E-state index >= 15 is 0 Å². The highest BCUT2D eigenvalue weighted by atomic mass is 16.6. The van der Waals surface area contributed by atoms with Crippen molar-refractivity contribution in [3.8, 4) is 0 Å². The van der Waals surface area contributed by atoms with Crippen molar-refractivity contribution in [3.05, 3.63) is 38.4 Å². The zero-order valence-electron chi connectivity index (χ0n) is 14.2. The van der Waals surface area contributed by atoms with E-state index in [0.29, 0.717) is 0 Å². The van der Waals surface area contributed by atoms with Crippen LogP contribution in [0.15, 0.2) is 23.3 Å². The molecule has 0 fully saturated rings. The molecule has 2 N–H and O–H groups in total. The highest BCUT2D eigenvalue weighted by molar-refractivity contribution is 6.07. The molecule has 0 radical (unpaired) electrons. The molecular weight excluding hydrogens is 350 g/mol. The van der Waals surface area contributed by atoms with Gasteiger partial charge in [-0.15, -0.1) is 0 Å². The molecular formula is C14H17N5O7. The van der Waals surface area contributed by atoms with Gasteiger partial charge in [0, 0.05) is 13.0 Å². The Morgan fingerprint density at radius 2 is 1.88 bits per heavy atom. The van der Waals surface area contributed by atoms with Crippen LogP contribution in [-0.2, 0) is 14.3 Å². The number of rotatable bonds is 8. The summed E-state index contributed by atoms with van der Waals surface area (Å²) in [5.74, 6) is -1.25. The number of nitro benzene ring substituents is 2. The molecule has 1 aromatic rings. The topological polar surface area (TPSA) is 166 Å². The lowest BCUT2D eigenvalue weighted by Crippen LogP contribution is -2.46. The number of hydrazone groups is 1. The number of ether oxygens (including phenoxy) is 1. The number of carbonyl (C=O) groups is 2. The van der Waals surface area contributed by atoms with Gasteiger partial charge in [-0.25, -0.2) is 4.79 Å². The Bertz CT molecular complexity index is 762. The molecule has 1 aromatic carbocycles. The maximum atomic E-state index is 11.9. The van der Waals surface area contributed by atoms with Gasteiger partial charge in [-0.05, 0) is 19.9 Å². The maximum absolute atomic E-state index is 11.9. The number of carbonyl (C=O) groups excluding carboxylic acids is 2. The second-order valence-corrected chi connectivity index (χ2v) is 4.97. The number of esters is 1. The average molecular weight is 367 g/mol. The molecule has 0 aliphatic carbocycles. The van der Waals surface area contributed by atoms with Gasteiger partial charge < -0.3 is 10.1 Å². The van der Waals surface area contributed by atoms with Crippen molar-refractivity contribution >= 4 is 34.7 Å². The van der Waals surface area contributed by atoms with Crippen LogP contribution in [0.25, 0.3) is 0 Å². The first-order valence-electron chi connectivity index (χ1n) is 7.34. The van der Waals surface area contributed by atoms with E-state index in [9.17, 15) is 29.8 Å². The predicted octanol–water partition coefficient (Wildman–Crippen LogP) is 1.36. The minimum atomic E-state index is -1.18. The summed E-state index contributed by atoms with van der Waals surface area (Å²) in [7, 11) is 0. The third-order valence-electron chi connectivity index (χ3n) is 3.03. The third kappa shape index (κ3) is 5.51. The van der Waals surface area contributed by atoms with Crippen molar-refractivity contribution in [2.24, 2.45) is 5.10 Å².